The minimum atomic E-state index is -1.21. The Hall–Kier alpha value is -2.03. The van der Waals surface area contributed by atoms with Crippen LogP contribution in [-0.2, 0) is 4.79 Å². The number of carbonyl (C=O) groups excluding carboxylic acids is 1. The average molecular weight is 324 g/mol. The lowest BCUT2D eigenvalue weighted by Crippen LogP contribution is -2.42. The van der Waals surface area contributed by atoms with Crippen molar-refractivity contribution in [2.75, 3.05) is 13.1 Å². The number of rotatable bonds is 6. The fourth-order valence-corrected chi connectivity index (χ4v) is 2.59. The minimum Gasteiger partial charge on any atom is -0.480 e. The highest BCUT2D eigenvalue weighted by atomic mass is 19.1. The fourth-order valence-electron chi connectivity index (χ4n) is 2.59. The first-order valence-corrected chi connectivity index (χ1v) is 7.47. The Labute approximate surface area is 133 Å². The van der Waals surface area contributed by atoms with Crippen molar-refractivity contribution < 1.29 is 19.1 Å². The third-order valence-electron chi connectivity index (χ3n) is 3.96. The van der Waals surface area contributed by atoms with Crippen LogP contribution in [0.4, 0.5) is 4.39 Å². The normalized spacial score (nSPS) is 21.9. The lowest BCUT2D eigenvalue weighted by atomic mass is 9.92. The Morgan fingerprint density at radius 3 is 2.87 bits per heavy atom. The maximum Gasteiger partial charge on any atom is 0.322 e. The first kappa shape index (κ1) is 17.3. The van der Waals surface area contributed by atoms with E-state index in [0.717, 1.165) is 19.0 Å². The number of aliphatic carboxylic acids is 1. The average Bonchev–Trinajstić information content (AvgIpc) is 3.00. The third kappa shape index (κ3) is 4.25. The number of nitrogens with two attached hydrogens (primary N) is 1. The molecule has 3 atom stereocenters. The molecule has 23 heavy (non-hydrogen) atoms. The largest absolute Gasteiger partial charge is 0.480 e. The summed E-state index contributed by atoms with van der Waals surface area (Å²) in [6.45, 7) is 2.60. The summed E-state index contributed by atoms with van der Waals surface area (Å²) < 4.78 is 13.9. The Bertz CT molecular complexity index is 596. The van der Waals surface area contributed by atoms with E-state index < -0.39 is 23.7 Å². The fraction of sp³-hybridized carbons (Fsp3) is 0.467. The predicted octanol–water partition coefficient (Wildman–Crippen LogP) is 0.143. The van der Waals surface area contributed by atoms with Crippen LogP contribution in [0.3, 0.4) is 0 Å². The molecule has 0 aliphatic carbocycles. The number of carboxylic acids is 1. The smallest absolute Gasteiger partial charge is 0.322 e. The number of amides is 1. The third-order valence-corrected chi connectivity index (χ3v) is 3.96. The van der Waals surface area contributed by atoms with Gasteiger partial charge in [-0.1, -0.05) is 13.3 Å². The molecule has 8 heteroatoms. The van der Waals surface area contributed by atoms with E-state index in [-0.39, 0.29) is 18.2 Å². The predicted molar refractivity (Wildman–Crippen MR) is 82.0 cm³/mol. The second-order valence-electron chi connectivity index (χ2n) is 5.60. The highest BCUT2D eigenvalue weighted by Gasteiger charge is 2.27. The molecule has 0 saturated carbocycles. The van der Waals surface area contributed by atoms with Crippen molar-refractivity contribution in [2.24, 2.45) is 11.7 Å². The molecule has 1 fully saturated rings. The molecule has 1 amide bonds. The number of hydrogen-bond donors (Lipinski definition) is 5. The Kier molecular flexibility index (Phi) is 5.64. The van der Waals surface area contributed by atoms with Gasteiger partial charge in [0.25, 0.3) is 5.91 Å². The van der Waals surface area contributed by atoms with Gasteiger partial charge in [0.1, 0.15) is 11.9 Å². The van der Waals surface area contributed by atoms with E-state index in [4.69, 9.17) is 10.8 Å². The van der Waals surface area contributed by atoms with E-state index in [2.05, 4.69) is 16.2 Å². The zero-order valence-electron chi connectivity index (χ0n) is 12.8. The van der Waals surface area contributed by atoms with E-state index >= 15 is 0 Å². The van der Waals surface area contributed by atoms with Crippen molar-refractivity contribution in [1.29, 1.82) is 0 Å². The van der Waals surface area contributed by atoms with Gasteiger partial charge >= 0.3 is 5.97 Å². The van der Waals surface area contributed by atoms with Crippen molar-refractivity contribution in [3.63, 3.8) is 0 Å². The molecule has 0 radical (unpaired) electrons. The molecular formula is C15H21FN4O3. The second kappa shape index (κ2) is 7.49. The number of hydrazine groups is 1. The Morgan fingerprint density at radius 2 is 2.22 bits per heavy atom. The summed E-state index contributed by atoms with van der Waals surface area (Å²) in [5.41, 5.74) is 12.3. The van der Waals surface area contributed by atoms with Crippen LogP contribution in [0, 0.1) is 11.7 Å². The zero-order chi connectivity index (χ0) is 17.0. The van der Waals surface area contributed by atoms with Crippen LogP contribution in [0.25, 0.3) is 0 Å². The van der Waals surface area contributed by atoms with Gasteiger partial charge in [0, 0.05) is 18.7 Å². The van der Waals surface area contributed by atoms with E-state index in [9.17, 15) is 14.0 Å². The van der Waals surface area contributed by atoms with Gasteiger partial charge in [-0.15, -0.1) is 0 Å². The zero-order valence-corrected chi connectivity index (χ0v) is 12.8. The highest BCUT2D eigenvalue weighted by Crippen LogP contribution is 2.28. The molecule has 6 N–H and O–H groups in total. The van der Waals surface area contributed by atoms with Crippen molar-refractivity contribution in [1.82, 2.24) is 16.2 Å². The number of carboxylic acid groups (broad SMARTS) is 1. The Morgan fingerprint density at radius 1 is 1.48 bits per heavy atom. The molecule has 1 heterocycles. The summed E-state index contributed by atoms with van der Waals surface area (Å²) in [7, 11) is 0. The summed E-state index contributed by atoms with van der Waals surface area (Å²) in [5, 5.41) is 11.1. The van der Waals surface area contributed by atoms with E-state index in [1.165, 1.54) is 6.07 Å². The van der Waals surface area contributed by atoms with Crippen molar-refractivity contribution in [2.45, 2.75) is 25.4 Å². The molecule has 1 aromatic carbocycles. The first-order chi connectivity index (χ1) is 10.9. The van der Waals surface area contributed by atoms with Gasteiger partial charge < -0.3 is 16.2 Å². The van der Waals surface area contributed by atoms with Gasteiger partial charge in [0.2, 0.25) is 0 Å². The summed E-state index contributed by atoms with van der Waals surface area (Å²) in [5.74, 6) is -1.98. The highest BCUT2D eigenvalue weighted by molar-refractivity contribution is 5.94. The molecule has 0 aromatic heterocycles. The number of hydrogen-bond acceptors (Lipinski definition) is 5. The lowest BCUT2D eigenvalue weighted by Gasteiger charge is -2.18. The van der Waals surface area contributed by atoms with E-state index in [1.54, 1.807) is 6.07 Å². The molecule has 2 rings (SSSR count). The number of carbonyl (C=O) groups is 2. The lowest BCUT2D eigenvalue weighted by molar-refractivity contribution is -0.138. The Balaban J connectivity index is 2.13. The molecule has 1 aromatic rings. The van der Waals surface area contributed by atoms with Gasteiger partial charge in [-0.2, -0.15) is 0 Å². The number of benzene rings is 1. The van der Waals surface area contributed by atoms with E-state index in [1.807, 2.05) is 6.92 Å². The van der Waals surface area contributed by atoms with Gasteiger partial charge in [-0.05, 0) is 29.7 Å². The summed E-state index contributed by atoms with van der Waals surface area (Å²) in [6.07, 6.45) is 0.913. The number of nitrogens with one attached hydrogen (secondary N) is 3. The van der Waals surface area contributed by atoms with Crippen LogP contribution in [-0.4, -0.2) is 36.1 Å². The van der Waals surface area contributed by atoms with E-state index in [0.29, 0.717) is 11.5 Å². The van der Waals surface area contributed by atoms with Crippen molar-refractivity contribution in [3.8, 4) is 0 Å². The second-order valence-corrected chi connectivity index (χ2v) is 5.60. The number of halogens is 1. The molecule has 2 unspecified atom stereocenters. The summed E-state index contributed by atoms with van der Waals surface area (Å²) in [6, 6.07) is 2.85. The van der Waals surface area contributed by atoms with Crippen LogP contribution >= 0.6 is 0 Å². The van der Waals surface area contributed by atoms with Gasteiger partial charge in [-0.25, -0.2) is 9.82 Å². The standard InChI is InChI=1S/C15H21FN4O3/c1-2-8-6-19-20-13(8)9-3-10(5-11(16)4-9)14(21)18-7-12(17)15(22)23/h3-5,8,12-13,19-20H,2,6-7,17H2,1H3,(H,18,21)(H,22,23)/t8?,12-,13?/m1/s1. The molecule has 126 valence electrons. The first-order valence-electron chi connectivity index (χ1n) is 7.47. The SMILES string of the molecule is CCC1CNNC1c1cc(F)cc(C(=O)NC[C@@H](N)C(=O)O)c1. The van der Waals surface area contributed by atoms with Crippen LogP contribution in [0.5, 0.6) is 0 Å². The monoisotopic (exact) mass is 324 g/mol. The molecule has 1 aliphatic rings. The molecule has 7 nitrogen and oxygen atoms in total. The van der Waals surface area contributed by atoms with Gasteiger partial charge in [-0.3, -0.25) is 15.0 Å². The quantitative estimate of drug-likeness (QED) is 0.508. The molecule has 0 spiro atoms. The maximum atomic E-state index is 13.9. The minimum absolute atomic E-state index is 0.0801. The maximum absolute atomic E-state index is 13.9. The van der Waals surface area contributed by atoms with Crippen molar-refractivity contribution >= 4 is 11.9 Å². The van der Waals surface area contributed by atoms with Crippen LogP contribution in [0.1, 0.15) is 35.3 Å². The van der Waals surface area contributed by atoms with Crippen LogP contribution < -0.4 is 21.9 Å². The molecular weight excluding hydrogens is 303 g/mol. The van der Waals surface area contributed by atoms with Crippen LogP contribution in [0.2, 0.25) is 0 Å². The van der Waals surface area contributed by atoms with Gasteiger partial charge in [0.15, 0.2) is 0 Å². The topological polar surface area (TPSA) is 116 Å². The molecule has 1 aliphatic heterocycles. The van der Waals surface area contributed by atoms with Gasteiger partial charge in [0.05, 0.1) is 6.04 Å². The van der Waals surface area contributed by atoms with Crippen LogP contribution in [0.15, 0.2) is 18.2 Å². The summed E-state index contributed by atoms with van der Waals surface area (Å²) >= 11 is 0. The molecule has 1 saturated heterocycles. The summed E-state index contributed by atoms with van der Waals surface area (Å²) in [4.78, 5) is 22.7. The van der Waals surface area contributed by atoms with Crippen molar-refractivity contribution in [3.05, 3.63) is 35.1 Å². The molecule has 0 bridgehead atoms.